The molecule has 0 radical (unpaired) electrons. The maximum absolute atomic E-state index is 15.8. The maximum atomic E-state index is 15.8. The first-order valence-corrected chi connectivity index (χ1v) is 48.0. The Bertz CT molecular complexity index is 4380. The van der Waals surface area contributed by atoms with Crippen LogP contribution < -0.4 is 158 Å². The number of carbonyl (C=O) groups excluding carboxylic acids is 16. The monoisotopic (exact) mass is 1980 g/mol. The van der Waals surface area contributed by atoms with Crippen LogP contribution in [0.3, 0.4) is 0 Å². The normalized spacial score (nSPS) is 20.5. The fraction of sp³-hybridized carbons (Fsp3) is 0.602. The molecule has 2 aliphatic heterocycles. The Morgan fingerprint density at radius 3 is 1.20 bits per heavy atom. The van der Waals surface area contributed by atoms with E-state index in [1.807, 2.05) is 0 Å². The molecular formula is C83H141N35O18S2. The number of unbranched alkanes of at least 4 members (excludes halogenated alkanes) is 2. The lowest BCUT2D eigenvalue weighted by atomic mass is 10.0. The van der Waals surface area contributed by atoms with Gasteiger partial charge in [0.25, 0.3) is 0 Å². The van der Waals surface area contributed by atoms with Crippen LogP contribution in [0.5, 0.6) is 11.5 Å². The van der Waals surface area contributed by atoms with Crippen molar-refractivity contribution in [1.29, 1.82) is 27.0 Å². The van der Waals surface area contributed by atoms with Gasteiger partial charge in [0.05, 0.1) is 12.1 Å². The molecule has 0 aromatic heterocycles. The molecule has 2 heterocycles. The van der Waals surface area contributed by atoms with Crippen molar-refractivity contribution in [2.75, 3.05) is 77.0 Å². The summed E-state index contributed by atoms with van der Waals surface area (Å²) in [6.07, 6.45) is -0.760. The number of hydrogen-bond donors (Lipinski definition) is 36. The molecule has 14 atom stereocenters. The zero-order valence-corrected chi connectivity index (χ0v) is 78.8. The maximum Gasteiger partial charge on any atom is 0.312 e. The Balaban J connectivity index is 2.13. The van der Waals surface area contributed by atoms with E-state index < -0.39 is 215 Å². The van der Waals surface area contributed by atoms with Crippen molar-refractivity contribution < 1.29 is 86.9 Å². The van der Waals surface area contributed by atoms with E-state index in [1.165, 1.54) is 53.4 Å². The molecule has 0 spiro atoms. The third-order valence-corrected chi connectivity index (χ3v) is 24.1. The number of urea groups is 2. The molecule has 2 aromatic rings. The van der Waals surface area contributed by atoms with Gasteiger partial charge < -0.3 is 178 Å². The summed E-state index contributed by atoms with van der Waals surface area (Å²) in [4.78, 5) is 235. The second-order valence-corrected chi connectivity index (χ2v) is 35.4. The van der Waals surface area contributed by atoms with E-state index in [0.717, 1.165) is 21.6 Å². The number of primary amides is 2. The number of guanidine groups is 5. The minimum Gasteiger partial charge on any atom is -0.508 e. The number of fused-ring (bicyclic) bond motifs is 1. The van der Waals surface area contributed by atoms with E-state index in [4.69, 9.17) is 84.4 Å². The third kappa shape index (κ3) is 46.7. The van der Waals surface area contributed by atoms with Gasteiger partial charge >= 0.3 is 12.1 Å². The van der Waals surface area contributed by atoms with Crippen LogP contribution in [0, 0.1) is 27.0 Å². The van der Waals surface area contributed by atoms with Crippen molar-refractivity contribution in [2.24, 2.45) is 57.3 Å². The highest BCUT2D eigenvalue weighted by atomic mass is 33.1. The summed E-state index contributed by atoms with van der Waals surface area (Å²) in [5, 5.41) is 109. The van der Waals surface area contributed by atoms with Gasteiger partial charge in [-0.1, -0.05) is 45.9 Å². The first-order valence-electron chi connectivity index (χ1n) is 45.5. The van der Waals surface area contributed by atoms with Gasteiger partial charge in [-0.3, -0.25) is 89.4 Å². The van der Waals surface area contributed by atoms with E-state index in [1.54, 1.807) is 0 Å². The molecule has 2 aliphatic rings. The van der Waals surface area contributed by atoms with Crippen molar-refractivity contribution in [3.05, 3.63) is 59.7 Å². The van der Waals surface area contributed by atoms with Crippen molar-refractivity contribution in [3.8, 4) is 11.5 Å². The van der Waals surface area contributed by atoms with E-state index in [-0.39, 0.29) is 223 Å². The molecule has 138 heavy (non-hydrogen) atoms. The number of nitrogens with zero attached hydrogens (tertiary/aromatic N) is 1. The SMILES string of the molecule is N=C(N)NCCC[C@@H](C=O)NC(=O)[C@@H]1CSSC[C@H](NC(=O)[C@H](CCCNC(N)=O)NC(=O)[C@H](CCCNC(=N)N)NC(=O)[C@@H](N)CCCNC(=N)N)C(=O)N[C@@H](Cc2ccc(O)cc2)C(=O)N[C@@H](CCCNC(=N)N)C(=O)N[C@@H](CCCCN)C(=O)N[C@H](CCCCN)C(=O)N2CCC[C@H]2C(=O)N[C@@H](Cc2ccc(O)cc2)C(=O)N[C@@H](CCCNC(=N)N)C(=O)N[C@@H](CCCNC(N)=O)C(=O)N1. The van der Waals surface area contributed by atoms with Crippen LogP contribution in [-0.2, 0) is 80.0 Å². The summed E-state index contributed by atoms with van der Waals surface area (Å²) in [7, 11) is 1.50. The lowest BCUT2D eigenvalue weighted by Gasteiger charge is -2.31. The number of carbonyl (C=O) groups is 16. The number of phenols is 2. The Labute approximate surface area is 806 Å². The van der Waals surface area contributed by atoms with Crippen LogP contribution in [0.4, 0.5) is 9.59 Å². The average Bonchev–Trinajstić information content (AvgIpc) is 1.65. The van der Waals surface area contributed by atoms with E-state index in [2.05, 4.69) is 101 Å². The van der Waals surface area contributed by atoms with Crippen LogP contribution >= 0.6 is 21.6 Å². The van der Waals surface area contributed by atoms with Gasteiger partial charge in [-0.05, 0) is 190 Å². The minimum absolute atomic E-state index is 0.00233. The number of nitrogens with one attached hydrogen (secondary N) is 24. The zero-order valence-electron chi connectivity index (χ0n) is 77.2. The van der Waals surface area contributed by atoms with Gasteiger partial charge in [0.15, 0.2) is 29.8 Å². The average molecular weight is 1980 g/mol. The Morgan fingerprint density at radius 2 is 0.768 bits per heavy atom. The van der Waals surface area contributed by atoms with Gasteiger partial charge in [-0.15, -0.1) is 0 Å². The van der Waals surface area contributed by atoms with Crippen molar-refractivity contribution in [3.63, 3.8) is 0 Å². The predicted molar refractivity (Wildman–Crippen MR) is 516 cm³/mol. The molecule has 2 aromatic carbocycles. The molecular weight excluding hydrogens is 1840 g/mol. The molecule has 2 saturated heterocycles. The van der Waals surface area contributed by atoms with Gasteiger partial charge in [-0.25, -0.2) is 9.59 Å². The second kappa shape index (κ2) is 64.3. The Kier molecular flexibility index (Phi) is 54.4. The van der Waals surface area contributed by atoms with Gasteiger partial charge in [0.1, 0.15) is 90.3 Å². The second-order valence-electron chi connectivity index (χ2n) is 32.9. The van der Waals surface area contributed by atoms with Crippen LogP contribution in [0.1, 0.15) is 152 Å². The molecule has 55 heteroatoms. The Morgan fingerprint density at radius 1 is 0.413 bits per heavy atom. The topological polar surface area (TPSA) is 925 Å². The van der Waals surface area contributed by atoms with Crippen LogP contribution in [0.15, 0.2) is 48.5 Å². The number of nitrogens with two attached hydrogens (primary N) is 10. The fourth-order valence-electron chi connectivity index (χ4n) is 14.4. The number of amides is 17. The zero-order chi connectivity index (χ0) is 102. The smallest absolute Gasteiger partial charge is 0.312 e. The number of rotatable bonds is 49. The van der Waals surface area contributed by atoms with Crippen molar-refractivity contribution in [2.45, 2.75) is 239 Å². The van der Waals surface area contributed by atoms with Crippen LogP contribution in [0.2, 0.25) is 0 Å². The molecule has 4 rings (SSSR count). The van der Waals surface area contributed by atoms with Crippen molar-refractivity contribution >= 4 is 147 Å². The lowest BCUT2D eigenvalue weighted by molar-refractivity contribution is -0.142. The fourth-order valence-corrected chi connectivity index (χ4v) is 16.7. The molecule has 46 N–H and O–H groups in total. The van der Waals surface area contributed by atoms with Crippen LogP contribution in [0.25, 0.3) is 0 Å². The van der Waals surface area contributed by atoms with Gasteiger partial charge in [0, 0.05) is 76.7 Å². The lowest BCUT2D eigenvalue weighted by Crippen LogP contribution is -2.61. The number of phenolic OH excluding ortho intramolecular Hbond substituents is 2. The van der Waals surface area contributed by atoms with E-state index in [9.17, 15) is 39.0 Å². The summed E-state index contributed by atoms with van der Waals surface area (Å²) < 4.78 is 0. The molecule has 0 bridgehead atoms. The van der Waals surface area contributed by atoms with Gasteiger partial charge in [-0.2, -0.15) is 0 Å². The minimum atomic E-state index is -1.90. The van der Waals surface area contributed by atoms with Crippen LogP contribution in [-0.4, -0.2) is 302 Å². The van der Waals surface area contributed by atoms with E-state index >= 15 is 47.9 Å². The molecule has 17 amide bonds. The molecule has 0 aliphatic carbocycles. The standard InChI is InChI=1S/C83H141N35O18S2/c84-31-3-1-15-52-68(126)113-58(16-2-4-32-85)76(134)118-40-12-22-63(118)75(133)115-60(42-47-25-29-50(121)30-26-47)72(130)112-55(19-9-37-103-81(95)96)67(125)110-56(20-10-38-104-82(97)135)69(127)116-61(73(131)106-48(43-119)13-5-33-99-77(87)88)44-137-138-45-62(74(132)114-59(41-46-23-27-49(120)28-24-46)71(129)111-54(66(124)108-52)18-8-36-102-80(93)94)117-70(128)57(21-11-39-105-83(98)136)109-65(123)53(17-7-35-101-79(91)92)107-64(122)51(86)14-6-34-100-78(89)90/h23-30,43,48,51-63,120-121H,1-22,31-42,44-45,84-86H2,(H,106,131)(H,107,122)(H,108,124)(H,109,123)(H,110,125)(H,111,129)(H,112,130)(H,113,126)(H,114,132)(H,115,133)(H,116,127)(H,117,128)(H4,87,88,99)(H4,89,90,100)(H4,91,92,101)(H4,93,94,102)(H4,95,96,103)(H3,97,104,135)(H3,98,105,136)/t48-,51-,52-,53-,54-,55-,56-,57-,58+,59-,60-,61-,62-,63-/m0/s1. The van der Waals surface area contributed by atoms with Gasteiger partial charge in [0.2, 0.25) is 76.8 Å². The first kappa shape index (κ1) is 117. The summed E-state index contributed by atoms with van der Waals surface area (Å²) >= 11 is 0. The number of aldehydes is 1. The number of hydrogen-bond acceptors (Lipinski definition) is 28. The molecule has 0 unspecified atom stereocenters. The third-order valence-electron chi connectivity index (χ3n) is 21.7. The van der Waals surface area contributed by atoms with Crippen molar-refractivity contribution in [1.82, 2.24) is 106 Å². The molecule has 53 nitrogen and oxygen atoms in total. The summed E-state index contributed by atoms with van der Waals surface area (Å²) in [6.45, 7) is -0.155. The predicted octanol–water partition coefficient (Wildman–Crippen LogP) is -8.92. The summed E-state index contributed by atoms with van der Waals surface area (Å²) in [5.74, 6) is -16.7. The van der Waals surface area contributed by atoms with E-state index in [0.29, 0.717) is 24.7 Å². The quantitative estimate of drug-likeness (QED) is 0.00962. The summed E-state index contributed by atoms with van der Waals surface area (Å²) in [5.41, 5.74) is 57.5. The number of aromatic hydroxyl groups is 2. The largest absolute Gasteiger partial charge is 0.508 e. The molecule has 0 saturated carbocycles. The number of benzene rings is 2. The Hall–Kier alpha value is -13.7. The molecule has 768 valence electrons. The molecule has 2 fully saturated rings. The highest BCUT2D eigenvalue weighted by Gasteiger charge is 2.42. The first-order chi connectivity index (χ1) is 65.7. The highest BCUT2D eigenvalue weighted by molar-refractivity contribution is 8.76. The summed E-state index contributed by atoms with van der Waals surface area (Å²) in [6, 6.07) is -13.3. The highest BCUT2D eigenvalue weighted by Crippen LogP contribution is 2.26.